The number of ether oxygens (including phenoxy) is 1. The summed E-state index contributed by atoms with van der Waals surface area (Å²) in [6, 6.07) is 15.3. The van der Waals surface area contributed by atoms with Gasteiger partial charge in [0.1, 0.15) is 5.75 Å². The Labute approximate surface area is 193 Å². The van der Waals surface area contributed by atoms with E-state index in [9.17, 15) is 8.42 Å². The van der Waals surface area contributed by atoms with E-state index in [1.807, 2.05) is 33.8 Å². The Hall–Kier alpha value is -3.72. The molecule has 1 N–H and O–H groups in total. The van der Waals surface area contributed by atoms with Crippen molar-refractivity contribution >= 4 is 15.7 Å². The van der Waals surface area contributed by atoms with E-state index in [-0.39, 0.29) is 4.90 Å². The fourth-order valence-corrected chi connectivity index (χ4v) is 4.73. The highest BCUT2D eigenvalue weighted by Gasteiger charge is 2.17. The van der Waals surface area contributed by atoms with E-state index < -0.39 is 10.0 Å². The molecule has 4 rings (SSSR count). The van der Waals surface area contributed by atoms with E-state index >= 15 is 0 Å². The molecule has 0 saturated carbocycles. The second-order valence-corrected chi connectivity index (χ2v) is 9.59. The van der Waals surface area contributed by atoms with Gasteiger partial charge in [-0.15, -0.1) is 10.2 Å². The third-order valence-electron chi connectivity index (χ3n) is 5.45. The fraction of sp³-hybridized carbons (Fsp3) is 0.208. The first-order chi connectivity index (χ1) is 15.6. The number of hydrogen-bond donors (Lipinski definition) is 1. The van der Waals surface area contributed by atoms with Gasteiger partial charge in [-0.25, -0.2) is 13.1 Å². The number of aromatic nitrogens is 4. The van der Waals surface area contributed by atoms with Crippen molar-refractivity contribution in [3.8, 4) is 17.4 Å². The van der Waals surface area contributed by atoms with Crippen LogP contribution in [0.4, 0.5) is 5.69 Å². The van der Waals surface area contributed by atoms with Gasteiger partial charge in [-0.05, 0) is 82.1 Å². The summed E-state index contributed by atoms with van der Waals surface area (Å²) >= 11 is 0. The van der Waals surface area contributed by atoms with Crippen LogP contribution in [0.25, 0.3) is 5.82 Å². The van der Waals surface area contributed by atoms with Crippen LogP contribution in [0.2, 0.25) is 0 Å². The number of aryl methyl sites for hydroxylation is 3. The van der Waals surface area contributed by atoms with Crippen molar-refractivity contribution in [1.29, 1.82) is 0 Å². The molecule has 0 amide bonds. The number of nitrogens with one attached hydrogen (secondary N) is 1. The van der Waals surface area contributed by atoms with Gasteiger partial charge in [0.05, 0.1) is 10.6 Å². The zero-order valence-corrected chi connectivity index (χ0v) is 19.9. The minimum atomic E-state index is -3.69. The fourth-order valence-electron chi connectivity index (χ4n) is 3.45. The lowest BCUT2D eigenvalue weighted by Crippen LogP contribution is -2.14. The van der Waals surface area contributed by atoms with Crippen molar-refractivity contribution < 1.29 is 13.2 Å². The number of benzene rings is 2. The average molecular weight is 464 g/mol. The molecule has 0 unspecified atom stereocenters. The zero-order chi connectivity index (χ0) is 23.8. The number of anilines is 1. The highest BCUT2D eigenvalue weighted by Crippen LogP contribution is 2.25. The molecule has 0 aliphatic carbocycles. The molecule has 4 aromatic rings. The highest BCUT2D eigenvalue weighted by atomic mass is 32.2. The molecule has 0 atom stereocenters. The molecular formula is C24H25N5O3S. The maximum absolute atomic E-state index is 12.7. The van der Waals surface area contributed by atoms with Gasteiger partial charge in [-0.2, -0.15) is 5.10 Å². The van der Waals surface area contributed by atoms with E-state index in [4.69, 9.17) is 4.74 Å². The lowest BCUT2D eigenvalue weighted by Gasteiger charge is -2.11. The van der Waals surface area contributed by atoms with Crippen molar-refractivity contribution in [3.05, 3.63) is 82.7 Å². The predicted octanol–water partition coefficient (Wildman–Crippen LogP) is 4.80. The third-order valence-corrected chi connectivity index (χ3v) is 6.99. The van der Waals surface area contributed by atoms with Crippen molar-refractivity contribution in [2.45, 2.75) is 39.5 Å². The van der Waals surface area contributed by atoms with Gasteiger partial charge in [-0.3, -0.25) is 4.72 Å². The summed E-state index contributed by atoms with van der Waals surface area (Å²) in [5, 5.41) is 12.8. The molecule has 2 heterocycles. The minimum absolute atomic E-state index is 0.251. The van der Waals surface area contributed by atoms with E-state index in [1.54, 1.807) is 60.1 Å². The van der Waals surface area contributed by atoms with Crippen molar-refractivity contribution in [3.63, 3.8) is 0 Å². The minimum Gasteiger partial charge on any atom is -0.438 e. The Balaban J connectivity index is 1.46. The Bertz CT molecular complexity index is 1410. The van der Waals surface area contributed by atoms with Crippen LogP contribution < -0.4 is 9.46 Å². The van der Waals surface area contributed by atoms with Crippen molar-refractivity contribution in [2.75, 3.05) is 4.72 Å². The van der Waals surface area contributed by atoms with Gasteiger partial charge in [-0.1, -0.05) is 17.7 Å². The van der Waals surface area contributed by atoms with Crippen LogP contribution in [0, 0.1) is 34.6 Å². The summed E-state index contributed by atoms with van der Waals surface area (Å²) in [5.41, 5.74) is 5.21. The molecule has 8 nitrogen and oxygen atoms in total. The van der Waals surface area contributed by atoms with Crippen molar-refractivity contribution in [2.24, 2.45) is 0 Å². The SMILES string of the molecule is Cc1ccc(S(=O)(=O)Nc2ccc(Oc3ccc(-n4nc(C)c(C)c4C)nn3)cc2)c(C)c1. The van der Waals surface area contributed by atoms with Crippen LogP contribution in [0.1, 0.15) is 28.1 Å². The van der Waals surface area contributed by atoms with Crippen LogP contribution in [0.5, 0.6) is 11.6 Å². The Morgan fingerprint density at radius 3 is 2.18 bits per heavy atom. The number of hydrogen-bond acceptors (Lipinski definition) is 6. The lowest BCUT2D eigenvalue weighted by molar-refractivity contribution is 0.454. The first-order valence-electron chi connectivity index (χ1n) is 10.4. The van der Waals surface area contributed by atoms with E-state index in [2.05, 4.69) is 20.0 Å². The van der Waals surface area contributed by atoms with Gasteiger partial charge in [0.2, 0.25) is 5.88 Å². The third kappa shape index (κ3) is 4.73. The van der Waals surface area contributed by atoms with Gasteiger partial charge in [0.15, 0.2) is 5.82 Å². The van der Waals surface area contributed by atoms with Crippen LogP contribution in [-0.2, 0) is 10.0 Å². The molecule has 0 bridgehead atoms. The second-order valence-electron chi connectivity index (χ2n) is 7.94. The molecule has 0 aliphatic heterocycles. The molecule has 0 aliphatic rings. The summed E-state index contributed by atoms with van der Waals surface area (Å²) in [7, 11) is -3.69. The Morgan fingerprint density at radius 1 is 0.879 bits per heavy atom. The summed E-state index contributed by atoms with van der Waals surface area (Å²) < 4.78 is 35.6. The van der Waals surface area contributed by atoms with E-state index in [0.717, 1.165) is 22.5 Å². The summed E-state index contributed by atoms with van der Waals surface area (Å²) in [6.07, 6.45) is 0. The van der Waals surface area contributed by atoms with E-state index in [0.29, 0.717) is 28.7 Å². The summed E-state index contributed by atoms with van der Waals surface area (Å²) in [4.78, 5) is 0.251. The van der Waals surface area contributed by atoms with Crippen LogP contribution in [-0.4, -0.2) is 28.4 Å². The smallest absolute Gasteiger partial charge is 0.262 e. The Morgan fingerprint density at radius 2 is 1.61 bits per heavy atom. The molecule has 0 radical (unpaired) electrons. The Kier molecular flexibility index (Phi) is 5.90. The standard InChI is InChI=1S/C24H25N5O3S/c1-15-6-11-22(16(2)14-15)33(30,31)28-20-7-9-21(10-8-20)32-24-13-12-23(25-26-24)29-19(5)17(3)18(4)27-29/h6-14,28H,1-5H3. The first-order valence-corrected chi connectivity index (χ1v) is 11.9. The van der Waals surface area contributed by atoms with Gasteiger partial charge >= 0.3 is 0 Å². The topological polar surface area (TPSA) is 99.0 Å². The maximum Gasteiger partial charge on any atom is 0.262 e. The van der Waals surface area contributed by atoms with Crippen LogP contribution >= 0.6 is 0 Å². The molecule has 2 aromatic carbocycles. The largest absolute Gasteiger partial charge is 0.438 e. The molecule has 0 fully saturated rings. The molecule has 0 spiro atoms. The number of sulfonamides is 1. The van der Waals surface area contributed by atoms with Gasteiger partial charge < -0.3 is 4.74 Å². The normalized spacial score (nSPS) is 11.4. The van der Waals surface area contributed by atoms with Gasteiger partial charge in [0, 0.05) is 17.4 Å². The number of rotatable bonds is 6. The highest BCUT2D eigenvalue weighted by molar-refractivity contribution is 7.92. The van der Waals surface area contributed by atoms with E-state index in [1.165, 1.54) is 0 Å². The molecule has 170 valence electrons. The molecular weight excluding hydrogens is 438 g/mol. The maximum atomic E-state index is 12.7. The van der Waals surface area contributed by atoms with Gasteiger partial charge in [0.25, 0.3) is 10.0 Å². The monoisotopic (exact) mass is 463 g/mol. The summed E-state index contributed by atoms with van der Waals surface area (Å²) in [5.74, 6) is 1.43. The lowest BCUT2D eigenvalue weighted by atomic mass is 10.2. The zero-order valence-electron chi connectivity index (χ0n) is 19.1. The molecule has 9 heteroatoms. The molecule has 33 heavy (non-hydrogen) atoms. The van der Waals surface area contributed by atoms with Crippen LogP contribution in [0.3, 0.4) is 0 Å². The van der Waals surface area contributed by atoms with Crippen LogP contribution in [0.15, 0.2) is 59.5 Å². The molecule has 0 saturated heterocycles. The first kappa shape index (κ1) is 22.5. The second kappa shape index (κ2) is 8.67. The summed E-state index contributed by atoms with van der Waals surface area (Å²) in [6.45, 7) is 9.66. The quantitative estimate of drug-likeness (QED) is 0.441. The number of nitrogens with zero attached hydrogens (tertiary/aromatic N) is 4. The average Bonchev–Trinajstić information content (AvgIpc) is 3.02. The predicted molar refractivity (Wildman–Crippen MR) is 127 cm³/mol. The van der Waals surface area contributed by atoms with Crippen molar-refractivity contribution in [1.82, 2.24) is 20.0 Å². The molecule has 2 aromatic heterocycles.